The molecule has 1 heterocycles. The fraction of sp³-hybridized carbons (Fsp3) is 0.150. The molecule has 0 N–H and O–H groups in total. The van der Waals surface area contributed by atoms with E-state index in [1.807, 2.05) is 64.8 Å². The predicted molar refractivity (Wildman–Crippen MR) is 114 cm³/mol. The van der Waals surface area contributed by atoms with E-state index < -0.39 is 9.84 Å². The molecule has 0 saturated heterocycles. The lowest BCUT2D eigenvalue weighted by Gasteiger charge is -2.08. The molecule has 26 heavy (non-hydrogen) atoms. The number of imidazole rings is 1. The highest BCUT2D eigenvalue weighted by atomic mass is 127. The largest absolute Gasteiger partial charge is 0.310 e. The molecule has 0 atom stereocenters. The van der Waals surface area contributed by atoms with Crippen molar-refractivity contribution in [1.82, 2.24) is 9.55 Å². The number of sulfone groups is 1. The van der Waals surface area contributed by atoms with Crippen molar-refractivity contribution in [3.8, 4) is 0 Å². The summed E-state index contributed by atoms with van der Waals surface area (Å²) in [4.78, 5) is 4.40. The molecule has 0 aliphatic heterocycles. The van der Waals surface area contributed by atoms with Crippen LogP contribution < -0.4 is 0 Å². The van der Waals surface area contributed by atoms with Crippen LogP contribution in [0.5, 0.6) is 0 Å². The fourth-order valence-electron chi connectivity index (χ4n) is 2.70. The van der Waals surface area contributed by atoms with Crippen LogP contribution in [0.1, 0.15) is 18.4 Å². The van der Waals surface area contributed by atoms with Crippen molar-refractivity contribution in [2.24, 2.45) is 0 Å². The molecule has 0 fully saturated rings. The second-order valence-electron chi connectivity index (χ2n) is 5.81. The van der Waals surface area contributed by atoms with Crippen molar-refractivity contribution in [3.63, 3.8) is 0 Å². The van der Waals surface area contributed by atoms with Crippen LogP contribution in [0.2, 0.25) is 0 Å². The molecule has 1 aromatic heterocycles. The van der Waals surface area contributed by atoms with Crippen molar-refractivity contribution in [2.45, 2.75) is 24.5 Å². The SMILES string of the molecule is O=S(=O)(/C=C/CC/C=C/I)c1nc2ccccc2n1Cc1ccccc1. The number of unbranched alkanes of at least 4 members (excludes halogenated alkanes) is 1. The van der Waals surface area contributed by atoms with Gasteiger partial charge in [-0.15, -0.1) is 0 Å². The van der Waals surface area contributed by atoms with Crippen LogP contribution in [0.25, 0.3) is 11.0 Å². The number of allylic oxidation sites excluding steroid dienone is 2. The smallest absolute Gasteiger partial charge is 0.233 e. The van der Waals surface area contributed by atoms with Gasteiger partial charge in [0.05, 0.1) is 17.6 Å². The van der Waals surface area contributed by atoms with Crippen LogP contribution in [0.3, 0.4) is 0 Å². The summed E-state index contributed by atoms with van der Waals surface area (Å²) in [5.41, 5.74) is 2.53. The first-order valence-corrected chi connectivity index (χ1v) is 11.1. The van der Waals surface area contributed by atoms with E-state index in [1.54, 1.807) is 10.6 Å². The molecule has 0 aliphatic carbocycles. The average molecular weight is 478 g/mol. The third-order valence-corrected chi connectivity index (χ3v) is 5.80. The number of para-hydroxylation sites is 2. The maximum atomic E-state index is 12.9. The number of rotatable bonds is 7. The zero-order valence-corrected chi connectivity index (χ0v) is 17.1. The lowest BCUT2D eigenvalue weighted by molar-refractivity contribution is 0.584. The standard InChI is InChI=1S/C20H19IN2O2S/c21-14-8-1-2-9-15-26(24,25)20-22-18-12-6-7-13-19(18)23(20)16-17-10-4-3-5-11-17/h3-15H,1-2,16H2/b14-8+,15-9+. The van der Waals surface area contributed by atoms with E-state index in [9.17, 15) is 8.42 Å². The van der Waals surface area contributed by atoms with E-state index in [-0.39, 0.29) is 5.16 Å². The molecule has 2 aromatic carbocycles. The molecule has 0 saturated carbocycles. The number of halogens is 1. The predicted octanol–water partition coefficient (Wildman–Crippen LogP) is 5.10. The van der Waals surface area contributed by atoms with Crippen LogP contribution >= 0.6 is 22.6 Å². The Balaban J connectivity index is 2.00. The zero-order valence-electron chi connectivity index (χ0n) is 14.1. The number of nitrogens with zero attached hydrogens (tertiary/aromatic N) is 2. The second kappa shape index (κ2) is 8.64. The van der Waals surface area contributed by atoms with Crippen LogP contribution in [0.15, 0.2) is 81.4 Å². The summed E-state index contributed by atoms with van der Waals surface area (Å²) in [6, 6.07) is 17.3. The first kappa shape index (κ1) is 18.8. The Morgan fingerprint density at radius 1 is 0.962 bits per heavy atom. The van der Waals surface area contributed by atoms with E-state index in [4.69, 9.17) is 0 Å². The van der Waals surface area contributed by atoms with Crippen LogP contribution in [0, 0.1) is 0 Å². The van der Waals surface area contributed by atoms with Gasteiger partial charge in [-0.05, 0) is 34.6 Å². The lowest BCUT2D eigenvalue weighted by Crippen LogP contribution is -2.09. The molecule has 6 heteroatoms. The maximum Gasteiger partial charge on any atom is 0.233 e. The number of hydrogen-bond donors (Lipinski definition) is 0. The van der Waals surface area contributed by atoms with Gasteiger partial charge >= 0.3 is 0 Å². The van der Waals surface area contributed by atoms with Gasteiger partial charge in [-0.2, -0.15) is 0 Å². The summed E-state index contributed by atoms with van der Waals surface area (Å²) < 4.78 is 29.4. The Morgan fingerprint density at radius 2 is 1.65 bits per heavy atom. The Kier molecular flexibility index (Phi) is 6.26. The highest BCUT2D eigenvalue weighted by molar-refractivity contribution is 14.1. The summed E-state index contributed by atoms with van der Waals surface area (Å²) in [5.74, 6) is 0. The van der Waals surface area contributed by atoms with Gasteiger partial charge in [0.15, 0.2) is 0 Å². The number of aromatic nitrogens is 2. The summed E-state index contributed by atoms with van der Waals surface area (Å²) in [6.07, 6.45) is 5.19. The maximum absolute atomic E-state index is 12.9. The van der Waals surface area contributed by atoms with Crippen LogP contribution in [-0.2, 0) is 16.4 Å². The zero-order chi connectivity index (χ0) is 18.4. The second-order valence-corrected chi connectivity index (χ2v) is 8.26. The van der Waals surface area contributed by atoms with Gasteiger partial charge in [0, 0.05) is 5.41 Å². The van der Waals surface area contributed by atoms with E-state index in [0.29, 0.717) is 18.5 Å². The molecule has 0 bridgehead atoms. The molecule has 134 valence electrons. The molecule has 0 unspecified atom stereocenters. The minimum absolute atomic E-state index is 0.0863. The van der Waals surface area contributed by atoms with Crippen molar-refractivity contribution in [2.75, 3.05) is 0 Å². The van der Waals surface area contributed by atoms with E-state index in [0.717, 1.165) is 17.5 Å². The summed E-state index contributed by atoms with van der Waals surface area (Å²) in [5, 5.41) is 1.36. The minimum Gasteiger partial charge on any atom is -0.310 e. The van der Waals surface area contributed by atoms with Gasteiger partial charge in [0.25, 0.3) is 0 Å². The summed E-state index contributed by atoms with van der Waals surface area (Å²) in [6.45, 7) is 0.460. The van der Waals surface area contributed by atoms with Gasteiger partial charge in [0.1, 0.15) is 0 Å². The molecule has 3 rings (SSSR count). The first-order valence-electron chi connectivity index (χ1n) is 8.28. The molecule has 0 spiro atoms. The Morgan fingerprint density at radius 3 is 2.42 bits per heavy atom. The molecule has 0 amide bonds. The third-order valence-electron chi connectivity index (χ3n) is 3.92. The van der Waals surface area contributed by atoms with Crippen molar-refractivity contribution in [3.05, 3.63) is 81.8 Å². The number of benzene rings is 2. The lowest BCUT2D eigenvalue weighted by atomic mass is 10.2. The van der Waals surface area contributed by atoms with Gasteiger partial charge < -0.3 is 4.57 Å². The summed E-state index contributed by atoms with van der Waals surface area (Å²) >= 11 is 2.15. The van der Waals surface area contributed by atoms with Gasteiger partial charge in [-0.25, -0.2) is 13.4 Å². The van der Waals surface area contributed by atoms with Gasteiger partial charge in [-0.1, -0.05) is 77.2 Å². The first-order chi connectivity index (χ1) is 12.6. The van der Waals surface area contributed by atoms with E-state index in [1.165, 1.54) is 5.41 Å². The van der Waals surface area contributed by atoms with Crippen LogP contribution in [-0.4, -0.2) is 18.0 Å². The van der Waals surface area contributed by atoms with Gasteiger partial charge in [0.2, 0.25) is 15.0 Å². The number of fused-ring (bicyclic) bond motifs is 1. The van der Waals surface area contributed by atoms with E-state index >= 15 is 0 Å². The fourth-order valence-corrected chi connectivity index (χ4v) is 4.27. The Bertz CT molecular complexity index is 1040. The molecule has 3 aromatic rings. The normalized spacial score (nSPS) is 12.5. The monoisotopic (exact) mass is 478 g/mol. The highest BCUT2D eigenvalue weighted by Crippen LogP contribution is 2.22. The third kappa shape index (κ3) is 4.42. The molecule has 0 aliphatic rings. The van der Waals surface area contributed by atoms with Gasteiger partial charge in [-0.3, -0.25) is 0 Å². The quantitative estimate of drug-likeness (QED) is 0.351. The Labute approximate surface area is 167 Å². The van der Waals surface area contributed by atoms with Crippen molar-refractivity contribution >= 4 is 43.5 Å². The van der Waals surface area contributed by atoms with Crippen molar-refractivity contribution < 1.29 is 8.42 Å². The minimum atomic E-state index is -3.61. The van der Waals surface area contributed by atoms with Crippen molar-refractivity contribution in [1.29, 1.82) is 0 Å². The topological polar surface area (TPSA) is 52.0 Å². The molecule has 4 nitrogen and oxygen atoms in total. The Hall–Kier alpha value is -1.93. The summed E-state index contributed by atoms with van der Waals surface area (Å²) in [7, 11) is -3.61. The van der Waals surface area contributed by atoms with E-state index in [2.05, 4.69) is 27.6 Å². The number of hydrogen-bond acceptors (Lipinski definition) is 3. The highest BCUT2D eigenvalue weighted by Gasteiger charge is 2.21. The van der Waals surface area contributed by atoms with Crippen LogP contribution in [0.4, 0.5) is 0 Å². The molecular formula is C20H19IN2O2S. The molecular weight excluding hydrogens is 459 g/mol. The molecule has 0 radical (unpaired) electrons. The average Bonchev–Trinajstić information content (AvgIpc) is 3.02.